The lowest BCUT2D eigenvalue weighted by molar-refractivity contribution is -0.123. The highest BCUT2D eigenvalue weighted by Gasteiger charge is 2.26. The smallest absolute Gasteiger partial charge is 0.239 e. The molecule has 0 atom stereocenters. The molecule has 0 radical (unpaired) electrons. The number of aliphatic imine (C=N–C) groups is 1. The first kappa shape index (κ1) is 11.2. The van der Waals surface area contributed by atoms with Crippen molar-refractivity contribution in [2.24, 2.45) is 4.99 Å². The number of amides is 1. The first-order valence-corrected chi connectivity index (χ1v) is 6.28. The zero-order chi connectivity index (χ0) is 11.5. The molecule has 1 aliphatic rings. The molecule has 0 saturated carbocycles. The van der Waals surface area contributed by atoms with Gasteiger partial charge in [-0.15, -0.1) is 0 Å². The number of nitrogens with zero attached hydrogens (tertiary/aromatic N) is 2. The van der Waals surface area contributed by atoms with E-state index in [0.717, 1.165) is 16.4 Å². The number of carbonyl (C=O) groups excluding carboxylic acids is 1. The number of aryl methyl sites for hydroxylation is 1. The largest absolute Gasteiger partial charge is 0.291 e. The number of para-hydroxylation sites is 1. The van der Waals surface area contributed by atoms with Crippen molar-refractivity contribution in [2.75, 3.05) is 12.3 Å². The van der Waals surface area contributed by atoms with E-state index in [1.54, 1.807) is 4.90 Å². The lowest BCUT2D eigenvalue weighted by atomic mass is 10.2. The van der Waals surface area contributed by atoms with Gasteiger partial charge >= 0.3 is 0 Å². The van der Waals surface area contributed by atoms with Crippen LogP contribution < -0.4 is 0 Å². The Morgan fingerprint density at radius 2 is 2.19 bits per heavy atom. The number of hydrogen-bond donors (Lipinski definition) is 0. The van der Waals surface area contributed by atoms with Gasteiger partial charge < -0.3 is 0 Å². The molecule has 1 amide bonds. The van der Waals surface area contributed by atoms with Crippen molar-refractivity contribution in [2.45, 2.75) is 13.8 Å². The normalized spacial score (nSPS) is 18.5. The predicted molar refractivity (Wildman–Crippen MR) is 68.1 cm³/mol. The molecule has 1 heterocycles. The molecule has 0 N–H and O–H groups in total. The van der Waals surface area contributed by atoms with E-state index >= 15 is 0 Å². The van der Waals surface area contributed by atoms with Gasteiger partial charge in [-0.2, -0.15) is 0 Å². The number of amidine groups is 1. The molecule has 0 bridgehead atoms. The zero-order valence-electron chi connectivity index (χ0n) is 9.43. The molecule has 16 heavy (non-hydrogen) atoms. The summed E-state index contributed by atoms with van der Waals surface area (Å²) in [5.74, 6) is 0.665. The Bertz CT molecular complexity index is 442. The van der Waals surface area contributed by atoms with Crippen molar-refractivity contribution in [1.82, 2.24) is 4.90 Å². The first-order chi connectivity index (χ1) is 7.72. The van der Waals surface area contributed by atoms with Crippen molar-refractivity contribution in [3.05, 3.63) is 29.8 Å². The average Bonchev–Trinajstić information content (AvgIpc) is 2.63. The lowest BCUT2D eigenvalue weighted by Gasteiger charge is -2.12. The summed E-state index contributed by atoms with van der Waals surface area (Å²) >= 11 is 1.51. The van der Waals surface area contributed by atoms with E-state index in [4.69, 9.17) is 0 Å². The maximum Gasteiger partial charge on any atom is 0.239 e. The van der Waals surface area contributed by atoms with Crippen LogP contribution in [0, 0.1) is 6.92 Å². The second-order valence-corrected chi connectivity index (χ2v) is 4.55. The van der Waals surface area contributed by atoms with Crippen molar-refractivity contribution in [3.63, 3.8) is 0 Å². The Labute approximate surface area is 99.6 Å². The van der Waals surface area contributed by atoms with Gasteiger partial charge in [-0.1, -0.05) is 30.0 Å². The summed E-state index contributed by atoms with van der Waals surface area (Å²) in [5.41, 5.74) is 2.07. The number of hydrogen-bond acceptors (Lipinski definition) is 3. The second kappa shape index (κ2) is 4.70. The van der Waals surface area contributed by atoms with Crippen molar-refractivity contribution < 1.29 is 4.79 Å². The Hall–Kier alpha value is -1.29. The quantitative estimate of drug-likeness (QED) is 0.788. The van der Waals surface area contributed by atoms with Gasteiger partial charge in [-0.3, -0.25) is 9.69 Å². The van der Waals surface area contributed by atoms with Gasteiger partial charge in [0.2, 0.25) is 5.91 Å². The molecular weight excluding hydrogens is 220 g/mol. The molecule has 1 saturated heterocycles. The third-order valence-corrected chi connectivity index (χ3v) is 3.47. The van der Waals surface area contributed by atoms with Crippen LogP contribution >= 0.6 is 11.8 Å². The number of benzene rings is 1. The van der Waals surface area contributed by atoms with Crippen LogP contribution in [0.1, 0.15) is 12.5 Å². The molecule has 1 aromatic carbocycles. The fourth-order valence-electron chi connectivity index (χ4n) is 1.58. The fourth-order valence-corrected chi connectivity index (χ4v) is 2.54. The number of carbonyl (C=O) groups is 1. The van der Waals surface area contributed by atoms with E-state index in [-0.39, 0.29) is 5.91 Å². The summed E-state index contributed by atoms with van der Waals surface area (Å²) in [6.07, 6.45) is 0. The van der Waals surface area contributed by atoms with Gasteiger partial charge in [0.15, 0.2) is 5.17 Å². The van der Waals surface area contributed by atoms with E-state index in [1.807, 2.05) is 38.1 Å². The van der Waals surface area contributed by atoms with Gasteiger partial charge in [0.1, 0.15) is 0 Å². The summed E-state index contributed by atoms with van der Waals surface area (Å²) in [6, 6.07) is 7.95. The molecule has 4 heteroatoms. The Balaban J connectivity index is 2.31. The molecule has 1 aromatic rings. The van der Waals surface area contributed by atoms with Gasteiger partial charge in [0, 0.05) is 6.54 Å². The van der Waals surface area contributed by atoms with Crippen LogP contribution in [-0.4, -0.2) is 28.3 Å². The highest BCUT2D eigenvalue weighted by atomic mass is 32.2. The molecule has 0 aromatic heterocycles. The minimum Gasteiger partial charge on any atom is -0.291 e. The molecular formula is C12H14N2OS. The topological polar surface area (TPSA) is 32.7 Å². The van der Waals surface area contributed by atoms with Gasteiger partial charge in [0.25, 0.3) is 0 Å². The standard InChI is InChI=1S/C12H14N2OS/c1-3-14-11(15)8-16-12(14)13-10-7-5-4-6-9(10)2/h4-7H,3,8H2,1-2H3. The highest BCUT2D eigenvalue weighted by Crippen LogP contribution is 2.25. The van der Waals surface area contributed by atoms with Crippen LogP contribution in [0.3, 0.4) is 0 Å². The van der Waals surface area contributed by atoms with Crippen molar-refractivity contribution in [1.29, 1.82) is 0 Å². The molecule has 3 nitrogen and oxygen atoms in total. The van der Waals surface area contributed by atoms with Crippen LogP contribution in [-0.2, 0) is 4.79 Å². The summed E-state index contributed by atoms with van der Waals surface area (Å²) in [5, 5.41) is 0.821. The summed E-state index contributed by atoms with van der Waals surface area (Å²) < 4.78 is 0. The maximum atomic E-state index is 11.5. The summed E-state index contributed by atoms with van der Waals surface area (Å²) in [4.78, 5) is 17.8. The minimum absolute atomic E-state index is 0.153. The van der Waals surface area contributed by atoms with Crippen molar-refractivity contribution in [3.8, 4) is 0 Å². The summed E-state index contributed by atoms with van der Waals surface area (Å²) in [7, 11) is 0. The van der Waals surface area contributed by atoms with Crippen LogP contribution in [0.15, 0.2) is 29.3 Å². The van der Waals surface area contributed by atoms with E-state index in [1.165, 1.54) is 11.8 Å². The Morgan fingerprint density at radius 3 is 2.88 bits per heavy atom. The van der Waals surface area contributed by atoms with Crippen LogP contribution in [0.25, 0.3) is 0 Å². The first-order valence-electron chi connectivity index (χ1n) is 5.30. The molecule has 0 aliphatic carbocycles. The number of rotatable bonds is 2. The molecule has 1 aliphatic heterocycles. The van der Waals surface area contributed by atoms with E-state index in [2.05, 4.69) is 4.99 Å². The van der Waals surface area contributed by atoms with E-state index in [0.29, 0.717) is 12.3 Å². The zero-order valence-corrected chi connectivity index (χ0v) is 10.3. The fraction of sp³-hybridized carbons (Fsp3) is 0.333. The monoisotopic (exact) mass is 234 g/mol. The van der Waals surface area contributed by atoms with Crippen LogP contribution in [0.2, 0.25) is 0 Å². The van der Waals surface area contributed by atoms with Crippen LogP contribution in [0.5, 0.6) is 0 Å². The summed E-state index contributed by atoms with van der Waals surface area (Å²) in [6.45, 7) is 4.69. The van der Waals surface area contributed by atoms with Crippen molar-refractivity contribution >= 4 is 28.5 Å². The van der Waals surface area contributed by atoms with Gasteiger partial charge in [-0.25, -0.2) is 4.99 Å². The molecule has 1 fully saturated rings. The third-order valence-electron chi connectivity index (χ3n) is 2.50. The van der Waals surface area contributed by atoms with E-state index < -0.39 is 0 Å². The highest BCUT2D eigenvalue weighted by molar-refractivity contribution is 8.15. The lowest BCUT2D eigenvalue weighted by Crippen LogP contribution is -2.28. The van der Waals surface area contributed by atoms with Gasteiger partial charge in [0.05, 0.1) is 11.4 Å². The Kier molecular flexibility index (Phi) is 3.29. The third kappa shape index (κ3) is 2.11. The van der Waals surface area contributed by atoms with Gasteiger partial charge in [-0.05, 0) is 25.5 Å². The molecule has 0 unspecified atom stereocenters. The number of thioether (sulfide) groups is 1. The maximum absolute atomic E-state index is 11.5. The molecule has 2 rings (SSSR count). The molecule has 0 spiro atoms. The minimum atomic E-state index is 0.153. The SMILES string of the molecule is CCN1C(=O)CSC1=Nc1ccccc1C. The van der Waals surface area contributed by atoms with E-state index in [9.17, 15) is 4.79 Å². The second-order valence-electron chi connectivity index (χ2n) is 3.61. The average molecular weight is 234 g/mol. The predicted octanol–water partition coefficient (Wildman–Crippen LogP) is 2.58. The Morgan fingerprint density at radius 1 is 1.44 bits per heavy atom. The molecule has 84 valence electrons. The van der Waals surface area contributed by atoms with Crippen LogP contribution in [0.4, 0.5) is 5.69 Å².